The maximum atomic E-state index is 10.8. The van der Waals surface area contributed by atoms with Crippen LogP contribution in [-0.4, -0.2) is 23.3 Å². The summed E-state index contributed by atoms with van der Waals surface area (Å²) < 4.78 is 9.89. The molecule has 1 aromatic carbocycles. The van der Waals surface area contributed by atoms with Crippen molar-refractivity contribution in [1.82, 2.24) is 5.16 Å². The lowest BCUT2D eigenvalue weighted by Crippen LogP contribution is -1.97. The fourth-order valence-corrected chi connectivity index (χ4v) is 1.28. The van der Waals surface area contributed by atoms with Crippen LogP contribution < -0.4 is 4.74 Å². The number of carboxylic acid groups (broad SMARTS) is 1. The van der Waals surface area contributed by atoms with Gasteiger partial charge in [-0.05, 0) is 12.1 Å². The molecule has 0 aliphatic carbocycles. The largest absolute Gasteiger partial charge is 0.493 e. The minimum Gasteiger partial charge on any atom is -0.493 e. The molecule has 0 spiro atoms. The van der Waals surface area contributed by atoms with Crippen molar-refractivity contribution < 1.29 is 19.2 Å². The molecular weight excluding hydrogens is 186 g/mol. The Morgan fingerprint density at radius 3 is 3.00 bits per heavy atom. The molecule has 72 valence electrons. The molecule has 0 amide bonds. The molecule has 0 aliphatic heterocycles. The highest BCUT2D eigenvalue weighted by atomic mass is 16.5. The number of carbonyl (C=O) groups is 1. The molecule has 0 radical (unpaired) electrons. The number of aromatic carboxylic acids is 1. The van der Waals surface area contributed by atoms with Crippen LogP contribution in [-0.2, 0) is 0 Å². The SMILES string of the molecule is COc1ccc(C(=O)O)c2cnoc12. The Labute approximate surface area is 78.9 Å². The van der Waals surface area contributed by atoms with E-state index in [1.54, 1.807) is 0 Å². The van der Waals surface area contributed by atoms with Crippen LogP contribution in [0, 0.1) is 0 Å². The van der Waals surface area contributed by atoms with E-state index in [0.717, 1.165) is 0 Å². The topological polar surface area (TPSA) is 72.6 Å². The summed E-state index contributed by atoms with van der Waals surface area (Å²) >= 11 is 0. The van der Waals surface area contributed by atoms with Gasteiger partial charge in [0.25, 0.3) is 0 Å². The zero-order chi connectivity index (χ0) is 10.1. The van der Waals surface area contributed by atoms with Crippen molar-refractivity contribution in [1.29, 1.82) is 0 Å². The minimum absolute atomic E-state index is 0.155. The number of carboxylic acids is 1. The molecule has 0 bridgehead atoms. The van der Waals surface area contributed by atoms with Crippen molar-refractivity contribution in [2.45, 2.75) is 0 Å². The molecule has 1 N–H and O–H groups in total. The van der Waals surface area contributed by atoms with Crippen molar-refractivity contribution in [3.8, 4) is 5.75 Å². The molecule has 0 saturated carbocycles. The van der Waals surface area contributed by atoms with E-state index in [-0.39, 0.29) is 5.56 Å². The van der Waals surface area contributed by atoms with Gasteiger partial charge in [-0.25, -0.2) is 4.79 Å². The van der Waals surface area contributed by atoms with Crippen LogP contribution in [0.1, 0.15) is 10.4 Å². The van der Waals surface area contributed by atoms with Crippen LogP contribution in [0.25, 0.3) is 11.0 Å². The van der Waals surface area contributed by atoms with Gasteiger partial charge in [-0.15, -0.1) is 0 Å². The van der Waals surface area contributed by atoms with E-state index in [1.807, 2.05) is 0 Å². The van der Waals surface area contributed by atoms with E-state index >= 15 is 0 Å². The molecule has 1 heterocycles. The molecule has 5 nitrogen and oxygen atoms in total. The van der Waals surface area contributed by atoms with E-state index in [9.17, 15) is 4.79 Å². The Morgan fingerprint density at radius 2 is 2.36 bits per heavy atom. The van der Waals surface area contributed by atoms with Crippen LogP contribution in [0.5, 0.6) is 5.75 Å². The third kappa shape index (κ3) is 1.10. The summed E-state index contributed by atoms with van der Waals surface area (Å²) in [5, 5.41) is 12.8. The lowest BCUT2D eigenvalue weighted by Gasteiger charge is -2.00. The first-order valence-electron chi connectivity index (χ1n) is 3.88. The smallest absolute Gasteiger partial charge is 0.336 e. The molecule has 0 unspecified atom stereocenters. The average molecular weight is 193 g/mol. The van der Waals surface area contributed by atoms with E-state index < -0.39 is 5.97 Å². The van der Waals surface area contributed by atoms with Gasteiger partial charge in [-0.3, -0.25) is 0 Å². The van der Waals surface area contributed by atoms with Gasteiger partial charge in [0.2, 0.25) is 5.58 Å². The highest BCUT2D eigenvalue weighted by molar-refractivity contribution is 6.03. The number of benzene rings is 1. The molecular formula is C9H7NO4. The molecule has 0 aliphatic rings. The van der Waals surface area contributed by atoms with E-state index in [0.29, 0.717) is 16.7 Å². The second kappa shape index (κ2) is 3.02. The van der Waals surface area contributed by atoms with Crippen molar-refractivity contribution in [2.24, 2.45) is 0 Å². The van der Waals surface area contributed by atoms with Gasteiger partial charge in [-0.1, -0.05) is 5.16 Å². The number of fused-ring (bicyclic) bond motifs is 1. The van der Waals surface area contributed by atoms with E-state index in [4.69, 9.17) is 14.4 Å². The Bertz CT molecular complexity index is 489. The maximum absolute atomic E-state index is 10.8. The van der Waals surface area contributed by atoms with Gasteiger partial charge >= 0.3 is 5.97 Å². The molecule has 0 atom stereocenters. The summed E-state index contributed by atoms with van der Waals surface area (Å²) in [7, 11) is 1.48. The number of hydrogen-bond donors (Lipinski definition) is 1. The van der Waals surface area contributed by atoms with Gasteiger partial charge in [0.15, 0.2) is 5.75 Å². The van der Waals surface area contributed by atoms with Crippen LogP contribution in [0.3, 0.4) is 0 Å². The molecule has 5 heteroatoms. The van der Waals surface area contributed by atoms with Gasteiger partial charge in [-0.2, -0.15) is 0 Å². The average Bonchev–Trinajstić information content (AvgIpc) is 2.64. The lowest BCUT2D eigenvalue weighted by molar-refractivity contribution is 0.0699. The summed E-state index contributed by atoms with van der Waals surface area (Å²) in [5.41, 5.74) is 0.509. The third-order valence-corrected chi connectivity index (χ3v) is 1.94. The number of aromatic nitrogens is 1. The Balaban J connectivity index is 2.78. The molecule has 2 aromatic rings. The van der Waals surface area contributed by atoms with Gasteiger partial charge < -0.3 is 14.4 Å². The van der Waals surface area contributed by atoms with Crippen molar-refractivity contribution >= 4 is 16.9 Å². The Hall–Kier alpha value is -2.04. The molecule has 1 aromatic heterocycles. The van der Waals surface area contributed by atoms with Gasteiger partial charge in [0, 0.05) is 0 Å². The van der Waals surface area contributed by atoms with Crippen LogP contribution in [0.15, 0.2) is 22.9 Å². The predicted molar refractivity (Wildman–Crippen MR) is 47.5 cm³/mol. The quantitative estimate of drug-likeness (QED) is 0.782. The predicted octanol–water partition coefficient (Wildman–Crippen LogP) is 1.53. The lowest BCUT2D eigenvalue weighted by atomic mass is 10.1. The minimum atomic E-state index is -1.01. The monoisotopic (exact) mass is 193 g/mol. The zero-order valence-corrected chi connectivity index (χ0v) is 7.35. The number of nitrogens with zero attached hydrogens (tertiary/aromatic N) is 1. The normalized spacial score (nSPS) is 10.4. The first-order chi connectivity index (χ1) is 6.74. The highest BCUT2D eigenvalue weighted by Crippen LogP contribution is 2.27. The summed E-state index contributed by atoms with van der Waals surface area (Å²) in [6.07, 6.45) is 1.36. The van der Waals surface area contributed by atoms with Gasteiger partial charge in [0.1, 0.15) is 0 Å². The first kappa shape index (κ1) is 8.55. The zero-order valence-electron chi connectivity index (χ0n) is 7.35. The summed E-state index contributed by atoms with van der Waals surface area (Å²) in [4.78, 5) is 10.8. The highest BCUT2D eigenvalue weighted by Gasteiger charge is 2.14. The fourth-order valence-electron chi connectivity index (χ4n) is 1.28. The summed E-state index contributed by atoms with van der Waals surface area (Å²) in [5.74, 6) is -0.539. The second-order valence-electron chi connectivity index (χ2n) is 2.69. The molecule has 0 saturated heterocycles. The molecule has 0 fully saturated rings. The first-order valence-corrected chi connectivity index (χ1v) is 3.88. The summed E-state index contributed by atoms with van der Waals surface area (Å²) in [6, 6.07) is 3.00. The Kier molecular flexibility index (Phi) is 1.85. The fraction of sp³-hybridized carbons (Fsp3) is 0.111. The number of hydrogen-bond acceptors (Lipinski definition) is 4. The second-order valence-corrected chi connectivity index (χ2v) is 2.69. The molecule has 2 rings (SSSR count). The van der Waals surface area contributed by atoms with Crippen molar-refractivity contribution in [3.63, 3.8) is 0 Å². The summed E-state index contributed by atoms with van der Waals surface area (Å²) in [6.45, 7) is 0. The standard InChI is InChI=1S/C9H7NO4/c1-13-7-3-2-5(9(11)12)6-4-10-14-8(6)7/h2-4H,1H3,(H,11,12). The van der Waals surface area contributed by atoms with E-state index in [2.05, 4.69) is 5.16 Å². The van der Waals surface area contributed by atoms with Crippen molar-refractivity contribution in [2.75, 3.05) is 7.11 Å². The van der Waals surface area contributed by atoms with Crippen LogP contribution in [0.4, 0.5) is 0 Å². The van der Waals surface area contributed by atoms with Crippen molar-refractivity contribution in [3.05, 3.63) is 23.9 Å². The van der Waals surface area contributed by atoms with Crippen LogP contribution >= 0.6 is 0 Å². The number of rotatable bonds is 2. The maximum Gasteiger partial charge on any atom is 0.336 e. The Morgan fingerprint density at radius 1 is 1.57 bits per heavy atom. The van der Waals surface area contributed by atoms with E-state index in [1.165, 1.54) is 25.4 Å². The van der Waals surface area contributed by atoms with Crippen LogP contribution in [0.2, 0.25) is 0 Å². The number of methoxy groups -OCH3 is 1. The van der Waals surface area contributed by atoms with Gasteiger partial charge in [0.05, 0.1) is 24.3 Å². The number of ether oxygens (including phenoxy) is 1. The third-order valence-electron chi connectivity index (χ3n) is 1.94. The molecule has 14 heavy (non-hydrogen) atoms.